The molecule has 1 aliphatic rings. The Bertz CT molecular complexity index is 639. The van der Waals surface area contributed by atoms with Crippen LogP contribution in [0.15, 0.2) is 42.5 Å². The highest BCUT2D eigenvalue weighted by molar-refractivity contribution is 5.98. The van der Waals surface area contributed by atoms with Gasteiger partial charge in [0.05, 0.1) is 0 Å². The van der Waals surface area contributed by atoms with Crippen LogP contribution in [-0.4, -0.2) is 11.9 Å². The number of carbonyl (C=O) groups excluding carboxylic acids is 1. The Morgan fingerprint density at radius 1 is 1.20 bits per heavy atom. The molecule has 2 N–H and O–H groups in total. The van der Waals surface area contributed by atoms with Crippen LogP contribution in [0.1, 0.15) is 16.7 Å². The van der Waals surface area contributed by atoms with Gasteiger partial charge >= 0.3 is 0 Å². The Balaban J connectivity index is 1.72. The second-order valence-electron chi connectivity index (χ2n) is 5.37. The molecule has 0 aliphatic carbocycles. The summed E-state index contributed by atoms with van der Waals surface area (Å²) in [6.45, 7) is 4.06. The minimum absolute atomic E-state index is 0.0214. The van der Waals surface area contributed by atoms with E-state index in [1.807, 2.05) is 44.2 Å². The number of carbonyl (C=O) groups is 1. The molecular weight excluding hydrogens is 248 g/mol. The molecule has 102 valence electrons. The van der Waals surface area contributed by atoms with Gasteiger partial charge < -0.3 is 10.6 Å². The SMILES string of the molecule is Cc1ccc(NC(=O)[C@@H]2Cc3ccccc3N2)c(C)c1. The van der Waals surface area contributed by atoms with E-state index in [1.54, 1.807) is 0 Å². The monoisotopic (exact) mass is 266 g/mol. The van der Waals surface area contributed by atoms with Gasteiger partial charge in [0, 0.05) is 17.8 Å². The molecule has 0 saturated carbocycles. The highest BCUT2D eigenvalue weighted by Crippen LogP contribution is 2.26. The lowest BCUT2D eigenvalue weighted by atomic mass is 10.1. The van der Waals surface area contributed by atoms with E-state index in [0.717, 1.165) is 23.4 Å². The molecule has 0 radical (unpaired) electrons. The Kier molecular flexibility index (Phi) is 3.18. The Labute approximate surface area is 119 Å². The topological polar surface area (TPSA) is 41.1 Å². The molecule has 0 saturated heterocycles. The predicted octanol–water partition coefficient (Wildman–Crippen LogP) is 3.28. The van der Waals surface area contributed by atoms with Crippen LogP contribution in [0.3, 0.4) is 0 Å². The van der Waals surface area contributed by atoms with Crippen molar-refractivity contribution < 1.29 is 4.79 Å². The first kappa shape index (κ1) is 12.7. The second-order valence-corrected chi connectivity index (χ2v) is 5.37. The summed E-state index contributed by atoms with van der Waals surface area (Å²) in [5.74, 6) is 0.0214. The van der Waals surface area contributed by atoms with E-state index in [4.69, 9.17) is 0 Å². The summed E-state index contributed by atoms with van der Waals surface area (Å²) in [6.07, 6.45) is 0.743. The van der Waals surface area contributed by atoms with Gasteiger partial charge in [0.25, 0.3) is 0 Å². The molecular formula is C17H18N2O. The Morgan fingerprint density at radius 3 is 2.75 bits per heavy atom. The highest BCUT2D eigenvalue weighted by Gasteiger charge is 2.26. The van der Waals surface area contributed by atoms with Crippen LogP contribution in [0, 0.1) is 13.8 Å². The van der Waals surface area contributed by atoms with E-state index in [-0.39, 0.29) is 11.9 Å². The van der Waals surface area contributed by atoms with Crippen molar-refractivity contribution in [3.8, 4) is 0 Å². The van der Waals surface area contributed by atoms with Crippen LogP contribution in [0.5, 0.6) is 0 Å². The molecule has 0 fully saturated rings. The van der Waals surface area contributed by atoms with E-state index < -0.39 is 0 Å². The van der Waals surface area contributed by atoms with Gasteiger partial charge in [-0.05, 0) is 37.1 Å². The molecule has 3 rings (SSSR count). The standard InChI is InChI=1S/C17H18N2O/c1-11-7-8-14(12(2)9-11)19-17(20)16-10-13-5-3-4-6-15(13)18-16/h3-9,16,18H,10H2,1-2H3,(H,19,20)/t16-/m0/s1. The maximum atomic E-state index is 12.3. The molecule has 1 aliphatic heterocycles. The summed E-state index contributed by atoms with van der Waals surface area (Å²) in [6, 6.07) is 13.9. The number of anilines is 2. The quantitative estimate of drug-likeness (QED) is 0.876. The fraction of sp³-hybridized carbons (Fsp3) is 0.235. The zero-order chi connectivity index (χ0) is 14.1. The molecule has 0 unspecified atom stereocenters. The summed E-state index contributed by atoms with van der Waals surface area (Å²) < 4.78 is 0. The summed E-state index contributed by atoms with van der Waals surface area (Å²) in [7, 11) is 0. The van der Waals surface area contributed by atoms with Crippen molar-refractivity contribution >= 4 is 17.3 Å². The smallest absolute Gasteiger partial charge is 0.247 e. The molecule has 1 heterocycles. The number of rotatable bonds is 2. The van der Waals surface area contributed by atoms with Gasteiger partial charge in [-0.25, -0.2) is 0 Å². The molecule has 1 atom stereocenters. The van der Waals surface area contributed by atoms with Gasteiger partial charge in [0.1, 0.15) is 6.04 Å². The average Bonchev–Trinajstić information content (AvgIpc) is 2.86. The Hall–Kier alpha value is -2.29. The lowest BCUT2D eigenvalue weighted by Gasteiger charge is -2.14. The molecule has 2 aromatic carbocycles. The molecule has 3 heteroatoms. The summed E-state index contributed by atoms with van der Waals surface area (Å²) in [5, 5.41) is 6.29. The van der Waals surface area contributed by atoms with Crippen molar-refractivity contribution in [2.75, 3.05) is 10.6 Å². The lowest BCUT2D eigenvalue weighted by Crippen LogP contribution is -2.33. The number of hydrogen-bond donors (Lipinski definition) is 2. The fourth-order valence-corrected chi connectivity index (χ4v) is 2.63. The number of nitrogens with one attached hydrogen (secondary N) is 2. The van der Waals surface area contributed by atoms with E-state index in [0.29, 0.717) is 0 Å². The minimum atomic E-state index is -0.187. The molecule has 20 heavy (non-hydrogen) atoms. The zero-order valence-electron chi connectivity index (χ0n) is 11.7. The van der Waals surface area contributed by atoms with E-state index in [1.165, 1.54) is 11.1 Å². The lowest BCUT2D eigenvalue weighted by molar-refractivity contribution is -0.116. The maximum Gasteiger partial charge on any atom is 0.247 e. The number of aryl methyl sites for hydroxylation is 2. The van der Waals surface area contributed by atoms with Gasteiger partial charge in [0.15, 0.2) is 0 Å². The molecule has 2 aromatic rings. The molecule has 3 nitrogen and oxygen atoms in total. The van der Waals surface area contributed by atoms with Gasteiger partial charge in [0.2, 0.25) is 5.91 Å². The molecule has 1 amide bonds. The van der Waals surface area contributed by atoms with Crippen LogP contribution in [0.2, 0.25) is 0 Å². The van der Waals surface area contributed by atoms with Crippen molar-refractivity contribution in [1.82, 2.24) is 0 Å². The molecule has 0 spiro atoms. The average molecular weight is 266 g/mol. The zero-order valence-corrected chi connectivity index (χ0v) is 11.7. The first-order valence-electron chi connectivity index (χ1n) is 6.86. The van der Waals surface area contributed by atoms with Crippen LogP contribution in [0.4, 0.5) is 11.4 Å². The summed E-state index contributed by atoms with van der Waals surface area (Å²) in [4.78, 5) is 12.3. The van der Waals surface area contributed by atoms with E-state index in [9.17, 15) is 4.79 Å². The molecule has 0 aromatic heterocycles. The highest BCUT2D eigenvalue weighted by atomic mass is 16.2. The van der Waals surface area contributed by atoms with Crippen molar-refractivity contribution in [3.63, 3.8) is 0 Å². The molecule has 0 bridgehead atoms. The largest absolute Gasteiger partial charge is 0.373 e. The third-order valence-electron chi connectivity index (χ3n) is 3.73. The van der Waals surface area contributed by atoms with Gasteiger partial charge in [-0.3, -0.25) is 4.79 Å². The summed E-state index contributed by atoms with van der Waals surface area (Å²) >= 11 is 0. The van der Waals surface area contributed by atoms with E-state index in [2.05, 4.69) is 22.8 Å². The van der Waals surface area contributed by atoms with Crippen molar-refractivity contribution in [3.05, 3.63) is 59.2 Å². The van der Waals surface area contributed by atoms with Gasteiger partial charge in [-0.1, -0.05) is 35.9 Å². The third kappa shape index (κ3) is 2.39. The number of fused-ring (bicyclic) bond motifs is 1. The first-order chi connectivity index (χ1) is 9.63. The number of para-hydroxylation sites is 1. The van der Waals surface area contributed by atoms with Crippen LogP contribution in [0.25, 0.3) is 0 Å². The first-order valence-corrected chi connectivity index (χ1v) is 6.86. The van der Waals surface area contributed by atoms with Crippen LogP contribution < -0.4 is 10.6 Å². The number of amides is 1. The van der Waals surface area contributed by atoms with Gasteiger partial charge in [-0.15, -0.1) is 0 Å². The van der Waals surface area contributed by atoms with Crippen LogP contribution in [-0.2, 0) is 11.2 Å². The predicted molar refractivity (Wildman–Crippen MR) is 82.1 cm³/mol. The van der Waals surface area contributed by atoms with Crippen molar-refractivity contribution in [1.29, 1.82) is 0 Å². The normalized spacial score (nSPS) is 16.4. The third-order valence-corrected chi connectivity index (χ3v) is 3.73. The van der Waals surface area contributed by atoms with Gasteiger partial charge in [-0.2, -0.15) is 0 Å². The van der Waals surface area contributed by atoms with Crippen molar-refractivity contribution in [2.24, 2.45) is 0 Å². The van der Waals surface area contributed by atoms with Crippen molar-refractivity contribution in [2.45, 2.75) is 26.3 Å². The number of benzene rings is 2. The second kappa shape index (κ2) is 5.00. The minimum Gasteiger partial charge on any atom is -0.373 e. The van der Waals surface area contributed by atoms with Crippen LogP contribution >= 0.6 is 0 Å². The van der Waals surface area contributed by atoms with E-state index >= 15 is 0 Å². The maximum absolute atomic E-state index is 12.3. The fourth-order valence-electron chi connectivity index (χ4n) is 2.63. The Morgan fingerprint density at radius 2 is 2.00 bits per heavy atom. The summed E-state index contributed by atoms with van der Waals surface area (Å²) in [5.41, 5.74) is 5.45. The number of hydrogen-bond acceptors (Lipinski definition) is 2.